The van der Waals surface area contributed by atoms with Crippen LogP contribution in [0.25, 0.3) is 0 Å². The van der Waals surface area contributed by atoms with Gasteiger partial charge in [0.1, 0.15) is 11.4 Å². The molecule has 10 nitrogen and oxygen atoms in total. The van der Waals surface area contributed by atoms with Crippen LogP contribution in [0.3, 0.4) is 0 Å². The predicted octanol–water partition coefficient (Wildman–Crippen LogP) is 2.23. The van der Waals surface area contributed by atoms with Gasteiger partial charge < -0.3 is 16.2 Å². The highest BCUT2D eigenvalue weighted by atomic mass is 16.5. The van der Waals surface area contributed by atoms with Crippen LogP contribution < -0.4 is 37.9 Å². The number of ketones is 1. The van der Waals surface area contributed by atoms with Crippen LogP contribution in [0.4, 0.5) is 21.0 Å². The van der Waals surface area contributed by atoms with E-state index in [1.807, 2.05) is 6.07 Å². The lowest BCUT2D eigenvalue weighted by molar-refractivity contribution is 0.103. The van der Waals surface area contributed by atoms with Crippen molar-refractivity contribution in [3.05, 3.63) is 83.9 Å². The SMILES string of the molecule is NC(=O)N(N)c1ccc(C(=O)c2ccc(Oc3ccccc3)c(N(N)C(N)=O)c2)cc1. The molecule has 0 saturated heterocycles. The van der Waals surface area contributed by atoms with E-state index in [0.29, 0.717) is 22.0 Å². The zero-order chi connectivity index (χ0) is 22.5. The Morgan fingerprint density at radius 1 is 0.710 bits per heavy atom. The maximum Gasteiger partial charge on any atom is 0.333 e. The molecule has 0 aromatic heterocycles. The number of urea groups is 2. The smallest absolute Gasteiger partial charge is 0.333 e. The van der Waals surface area contributed by atoms with Crippen molar-refractivity contribution >= 4 is 29.2 Å². The van der Waals surface area contributed by atoms with Crippen LogP contribution in [0.1, 0.15) is 15.9 Å². The van der Waals surface area contributed by atoms with Gasteiger partial charge in [-0.25, -0.2) is 31.3 Å². The molecule has 0 radical (unpaired) electrons. The third-order valence-electron chi connectivity index (χ3n) is 4.33. The number of hydrogen-bond acceptors (Lipinski definition) is 6. The summed E-state index contributed by atoms with van der Waals surface area (Å²) < 4.78 is 5.78. The Balaban J connectivity index is 1.94. The van der Waals surface area contributed by atoms with Crippen molar-refractivity contribution in [2.75, 3.05) is 10.0 Å². The first-order valence-electron chi connectivity index (χ1n) is 8.98. The van der Waals surface area contributed by atoms with Gasteiger partial charge in [0.05, 0.1) is 5.69 Å². The molecule has 0 aliphatic carbocycles. The van der Waals surface area contributed by atoms with E-state index in [1.54, 1.807) is 24.3 Å². The Morgan fingerprint density at radius 2 is 1.29 bits per heavy atom. The zero-order valence-corrected chi connectivity index (χ0v) is 16.3. The summed E-state index contributed by atoms with van der Waals surface area (Å²) >= 11 is 0. The molecule has 0 spiro atoms. The van der Waals surface area contributed by atoms with Gasteiger partial charge in [-0.05, 0) is 54.6 Å². The number of nitrogens with two attached hydrogens (primary N) is 4. The minimum Gasteiger partial charge on any atom is -0.455 e. The van der Waals surface area contributed by atoms with Gasteiger partial charge in [-0.2, -0.15) is 0 Å². The topological polar surface area (TPSA) is 171 Å². The van der Waals surface area contributed by atoms with Crippen LogP contribution in [0.2, 0.25) is 0 Å². The van der Waals surface area contributed by atoms with Crippen LogP contribution in [0, 0.1) is 0 Å². The molecular weight excluding hydrogens is 400 g/mol. The molecule has 0 unspecified atom stereocenters. The number of ether oxygens (including phenoxy) is 1. The summed E-state index contributed by atoms with van der Waals surface area (Å²) in [5.41, 5.74) is 11.4. The molecule has 0 saturated carbocycles. The number of rotatable bonds is 6. The summed E-state index contributed by atoms with van der Waals surface area (Å²) in [5.74, 6) is 11.7. The van der Waals surface area contributed by atoms with E-state index in [4.69, 9.17) is 27.9 Å². The average molecular weight is 420 g/mol. The Hall–Kier alpha value is -4.41. The van der Waals surface area contributed by atoms with Crippen molar-refractivity contribution in [3.63, 3.8) is 0 Å². The fraction of sp³-hybridized carbons (Fsp3) is 0. The van der Waals surface area contributed by atoms with Crippen molar-refractivity contribution in [3.8, 4) is 11.5 Å². The number of benzene rings is 3. The summed E-state index contributed by atoms with van der Waals surface area (Å²) in [6.45, 7) is 0. The van der Waals surface area contributed by atoms with E-state index < -0.39 is 12.1 Å². The van der Waals surface area contributed by atoms with Gasteiger partial charge in [0.15, 0.2) is 11.5 Å². The van der Waals surface area contributed by atoms with Crippen molar-refractivity contribution in [1.29, 1.82) is 0 Å². The molecule has 3 rings (SSSR count). The normalized spacial score (nSPS) is 10.3. The molecule has 10 heteroatoms. The fourth-order valence-corrected chi connectivity index (χ4v) is 2.73. The lowest BCUT2D eigenvalue weighted by Gasteiger charge is -2.19. The summed E-state index contributed by atoms with van der Waals surface area (Å²) in [6.07, 6.45) is 0. The van der Waals surface area contributed by atoms with Crippen LogP contribution in [-0.2, 0) is 0 Å². The number of amides is 4. The number of carbonyl (C=O) groups excluding carboxylic acids is 3. The average Bonchev–Trinajstić information content (AvgIpc) is 2.78. The van der Waals surface area contributed by atoms with Crippen LogP contribution >= 0.6 is 0 Å². The van der Waals surface area contributed by atoms with Crippen molar-refractivity contribution in [1.82, 2.24) is 0 Å². The summed E-state index contributed by atoms with van der Waals surface area (Å²) in [4.78, 5) is 35.7. The summed E-state index contributed by atoms with van der Waals surface area (Å²) in [6, 6.07) is 17.5. The number of carbonyl (C=O) groups is 3. The van der Waals surface area contributed by atoms with Crippen LogP contribution in [-0.4, -0.2) is 17.8 Å². The number of nitrogens with zero attached hydrogens (tertiary/aromatic N) is 2. The quantitative estimate of drug-likeness (QED) is 0.206. The maximum absolute atomic E-state index is 12.9. The highest BCUT2D eigenvalue weighted by Crippen LogP contribution is 2.33. The molecule has 0 atom stereocenters. The molecule has 8 N–H and O–H groups in total. The highest BCUT2D eigenvalue weighted by Gasteiger charge is 2.19. The molecule has 0 aliphatic rings. The number of para-hydroxylation sites is 1. The second kappa shape index (κ2) is 8.95. The summed E-state index contributed by atoms with van der Waals surface area (Å²) in [7, 11) is 0. The molecule has 31 heavy (non-hydrogen) atoms. The number of hydrazine groups is 2. The van der Waals surface area contributed by atoms with Crippen LogP contribution in [0.15, 0.2) is 72.8 Å². The van der Waals surface area contributed by atoms with Gasteiger partial charge in [0.2, 0.25) is 0 Å². The fourth-order valence-electron chi connectivity index (χ4n) is 2.73. The highest BCUT2D eigenvalue weighted by molar-refractivity contribution is 6.10. The lowest BCUT2D eigenvalue weighted by atomic mass is 10.0. The third kappa shape index (κ3) is 4.78. The third-order valence-corrected chi connectivity index (χ3v) is 4.33. The molecule has 0 aliphatic heterocycles. The van der Waals surface area contributed by atoms with Gasteiger partial charge in [-0.15, -0.1) is 0 Å². The summed E-state index contributed by atoms with van der Waals surface area (Å²) in [5, 5.41) is 1.44. The molecular formula is C21H20N6O4. The van der Waals surface area contributed by atoms with E-state index >= 15 is 0 Å². The van der Waals surface area contributed by atoms with E-state index in [0.717, 1.165) is 5.01 Å². The van der Waals surface area contributed by atoms with Crippen LogP contribution in [0.5, 0.6) is 11.5 Å². The van der Waals surface area contributed by atoms with Gasteiger partial charge in [-0.3, -0.25) is 4.79 Å². The molecule has 158 valence electrons. The molecule has 0 fully saturated rings. The number of primary amides is 2. The first-order valence-corrected chi connectivity index (χ1v) is 8.98. The van der Waals surface area contributed by atoms with E-state index in [2.05, 4.69) is 0 Å². The zero-order valence-electron chi connectivity index (χ0n) is 16.3. The maximum atomic E-state index is 12.9. The molecule has 3 aromatic rings. The van der Waals surface area contributed by atoms with Crippen molar-refractivity contribution in [2.24, 2.45) is 23.2 Å². The monoisotopic (exact) mass is 420 g/mol. The van der Waals surface area contributed by atoms with Gasteiger partial charge >= 0.3 is 12.1 Å². The molecule has 0 heterocycles. The predicted molar refractivity (Wildman–Crippen MR) is 115 cm³/mol. The molecule has 4 amide bonds. The van der Waals surface area contributed by atoms with Crippen molar-refractivity contribution < 1.29 is 19.1 Å². The van der Waals surface area contributed by atoms with E-state index in [1.165, 1.54) is 42.5 Å². The van der Waals surface area contributed by atoms with E-state index in [-0.39, 0.29) is 22.8 Å². The minimum atomic E-state index is -0.929. The largest absolute Gasteiger partial charge is 0.455 e. The Morgan fingerprint density at radius 3 is 1.87 bits per heavy atom. The Bertz CT molecular complexity index is 1120. The van der Waals surface area contributed by atoms with Crippen molar-refractivity contribution in [2.45, 2.75) is 0 Å². The molecule has 0 bridgehead atoms. The van der Waals surface area contributed by atoms with Gasteiger partial charge in [0.25, 0.3) is 0 Å². The van der Waals surface area contributed by atoms with Gasteiger partial charge in [-0.1, -0.05) is 18.2 Å². The Kier molecular flexibility index (Phi) is 6.15. The molecule has 3 aromatic carbocycles. The number of hydrogen-bond donors (Lipinski definition) is 4. The standard InChI is InChI=1S/C21H20N6O4/c22-20(29)26(24)15-9-6-13(7-10-15)19(28)14-8-11-18(17(12-14)27(25)21(23)30)31-16-4-2-1-3-5-16/h1-12H,24-25H2,(H2,22,29)(H2,23,30). The Labute approximate surface area is 177 Å². The lowest BCUT2D eigenvalue weighted by Crippen LogP contribution is -2.41. The van der Waals surface area contributed by atoms with E-state index in [9.17, 15) is 14.4 Å². The number of anilines is 2. The first-order chi connectivity index (χ1) is 14.8. The second-order valence-corrected chi connectivity index (χ2v) is 6.39. The van der Waals surface area contributed by atoms with Gasteiger partial charge in [0, 0.05) is 11.1 Å². The first kappa shape index (κ1) is 21.3. The second-order valence-electron chi connectivity index (χ2n) is 6.39. The minimum absolute atomic E-state index is 0.112.